The number of anilines is 1. The molecule has 3 nitrogen and oxygen atoms in total. The number of nitrogens with two attached hydrogens (primary N) is 1. The molecule has 0 bridgehead atoms. The molecule has 94 valence electrons. The van der Waals surface area contributed by atoms with Gasteiger partial charge in [0.15, 0.2) is 0 Å². The van der Waals surface area contributed by atoms with Gasteiger partial charge in [0.05, 0.1) is 0 Å². The number of halogens is 1. The molecular formula is C13H19FN2O. The number of amides is 1. The Bertz CT molecular complexity index is 368. The van der Waals surface area contributed by atoms with Crippen LogP contribution < -0.4 is 11.1 Å². The SMILES string of the molecule is CCC(CCCN)C(=O)Nc1cccc(F)c1. The first-order chi connectivity index (χ1) is 8.17. The predicted octanol–water partition coefficient (Wildman–Crippen LogP) is 2.53. The molecule has 1 rings (SSSR count). The molecule has 0 saturated heterocycles. The van der Waals surface area contributed by atoms with Crippen molar-refractivity contribution in [3.63, 3.8) is 0 Å². The number of rotatable bonds is 6. The lowest BCUT2D eigenvalue weighted by atomic mass is 9.99. The van der Waals surface area contributed by atoms with Gasteiger partial charge in [-0.2, -0.15) is 0 Å². The van der Waals surface area contributed by atoms with Crippen LogP contribution in [0.5, 0.6) is 0 Å². The van der Waals surface area contributed by atoms with Crippen LogP contribution in [-0.2, 0) is 4.79 Å². The van der Waals surface area contributed by atoms with Gasteiger partial charge >= 0.3 is 0 Å². The molecule has 1 aromatic rings. The average Bonchev–Trinajstić information content (AvgIpc) is 2.30. The molecule has 4 heteroatoms. The molecule has 1 aromatic carbocycles. The maximum atomic E-state index is 12.9. The highest BCUT2D eigenvalue weighted by molar-refractivity contribution is 5.92. The molecule has 3 N–H and O–H groups in total. The van der Waals surface area contributed by atoms with E-state index >= 15 is 0 Å². The molecule has 0 aliphatic heterocycles. The number of hydrogen-bond acceptors (Lipinski definition) is 2. The molecule has 0 aliphatic carbocycles. The summed E-state index contributed by atoms with van der Waals surface area (Å²) in [6.07, 6.45) is 2.37. The van der Waals surface area contributed by atoms with Crippen LogP contribution in [0.15, 0.2) is 24.3 Å². The molecule has 0 heterocycles. The molecule has 0 radical (unpaired) electrons. The fourth-order valence-electron chi connectivity index (χ4n) is 1.70. The lowest BCUT2D eigenvalue weighted by Gasteiger charge is -2.14. The van der Waals surface area contributed by atoms with E-state index in [-0.39, 0.29) is 17.6 Å². The van der Waals surface area contributed by atoms with Crippen molar-refractivity contribution in [3.05, 3.63) is 30.1 Å². The number of carbonyl (C=O) groups is 1. The quantitative estimate of drug-likeness (QED) is 0.800. The first kappa shape index (κ1) is 13.6. The largest absolute Gasteiger partial charge is 0.330 e. The van der Waals surface area contributed by atoms with Crippen LogP contribution in [0, 0.1) is 11.7 Å². The monoisotopic (exact) mass is 238 g/mol. The maximum absolute atomic E-state index is 12.9. The summed E-state index contributed by atoms with van der Waals surface area (Å²) >= 11 is 0. The topological polar surface area (TPSA) is 55.1 Å². The van der Waals surface area contributed by atoms with Gasteiger partial charge in [-0.05, 0) is 44.0 Å². The molecule has 0 fully saturated rings. The lowest BCUT2D eigenvalue weighted by molar-refractivity contribution is -0.120. The van der Waals surface area contributed by atoms with E-state index < -0.39 is 0 Å². The Balaban J connectivity index is 2.57. The van der Waals surface area contributed by atoms with E-state index in [1.165, 1.54) is 12.1 Å². The van der Waals surface area contributed by atoms with Gasteiger partial charge in [-0.3, -0.25) is 4.79 Å². The van der Waals surface area contributed by atoms with Crippen molar-refractivity contribution in [1.82, 2.24) is 0 Å². The van der Waals surface area contributed by atoms with E-state index in [4.69, 9.17) is 5.73 Å². The minimum atomic E-state index is -0.349. The van der Waals surface area contributed by atoms with Crippen LogP contribution in [0.1, 0.15) is 26.2 Å². The normalized spacial score (nSPS) is 12.2. The molecule has 1 atom stereocenters. The van der Waals surface area contributed by atoms with Crippen molar-refractivity contribution in [2.24, 2.45) is 11.7 Å². The number of carbonyl (C=O) groups excluding carboxylic acids is 1. The fourth-order valence-corrected chi connectivity index (χ4v) is 1.70. The molecule has 1 amide bonds. The highest BCUT2D eigenvalue weighted by atomic mass is 19.1. The molecule has 17 heavy (non-hydrogen) atoms. The number of benzene rings is 1. The predicted molar refractivity (Wildman–Crippen MR) is 67.1 cm³/mol. The molecule has 0 aromatic heterocycles. The van der Waals surface area contributed by atoms with Crippen LogP contribution in [0.25, 0.3) is 0 Å². The van der Waals surface area contributed by atoms with E-state index in [0.717, 1.165) is 19.3 Å². The summed E-state index contributed by atoms with van der Waals surface area (Å²) in [5, 5.41) is 2.72. The Hall–Kier alpha value is -1.42. The van der Waals surface area contributed by atoms with Gasteiger partial charge in [0.25, 0.3) is 0 Å². The second kappa shape index (κ2) is 7.01. The van der Waals surface area contributed by atoms with Crippen molar-refractivity contribution in [1.29, 1.82) is 0 Å². The van der Waals surface area contributed by atoms with Crippen molar-refractivity contribution >= 4 is 11.6 Å². The van der Waals surface area contributed by atoms with Crippen LogP contribution in [0.3, 0.4) is 0 Å². The van der Waals surface area contributed by atoms with E-state index in [0.29, 0.717) is 12.2 Å². The van der Waals surface area contributed by atoms with Gasteiger partial charge in [0.2, 0.25) is 5.91 Å². The van der Waals surface area contributed by atoms with Crippen molar-refractivity contribution in [2.75, 3.05) is 11.9 Å². The minimum Gasteiger partial charge on any atom is -0.330 e. The van der Waals surface area contributed by atoms with Crippen LogP contribution >= 0.6 is 0 Å². The zero-order valence-corrected chi connectivity index (χ0v) is 10.1. The first-order valence-electron chi connectivity index (χ1n) is 5.94. The molecule has 0 aliphatic rings. The Labute approximate surface area is 101 Å². The van der Waals surface area contributed by atoms with Gasteiger partial charge in [-0.25, -0.2) is 4.39 Å². The highest BCUT2D eigenvalue weighted by Crippen LogP contribution is 2.15. The summed E-state index contributed by atoms with van der Waals surface area (Å²) in [5.41, 5.74) is 5.92. The summed E-state index contributed by atoms with van der Waals surface area (Å²) in [7, 11) is 0. The maximum Gasteiger partial charge on any atom is 0.227 e. The summed E-state index contributed by atoms with van der Waals surface area (Å²) in [4.78, 5) is 11.9. The van der Waals surface area contributed by atoms with Crippen molar-refractivity contribution in [2.45, 2.75) is 26.2 Å². The van der Waals surface area contributed by atoms with Gasteiger partial charge < -0.3 is 11.1 Å². The van der Waals surface area contributed by atoms with Crippen molar-refractivity contribution in [3.8, 4) is 0 Å². The van der Waals surface area contributed by atoms with Gasteiger partial charge in [0.1, 0.15) is 5.82 Å². The average molecular weight is 238 g/mol. The summed E-state index contributed by atoms with van der Waals surface area (Å²) in [6, 6.07) is 5.91. The molecular weight excluding hydrogens is 219 g/mol. The standard InChI is InChI=1S/C13H19FN2O/c1-2-10(5-4-8-15)13(17)16-12-7-3-6-11(14)9-12/h3,6-7,9-10H,2,4-5,8,15H2,1H3,(H,16,17). The highest BCUT2D eigenvalue weighted by Gasteiger charge is 2.15. The Kier molecular flexibility index (Phi) is 5.63. The Morgan fingerprint density at radius 1 is 1.53 bits per heavy atom. The minimum absolute atomic E-state index is 0.0539. The molecule has 1 unspecified atom stereocenters. The lowest BCUT2D eigenvalue weighted by Crippen LogP contribution is -2.23. The van der Waals surface area contributed by atoms with E-state index in [2.05, 4.69) is 5.32 Å². The Morgan fingerprint density at radius 2 is 2.29 bits per heavy atom. The van der Waals surface area contributed by atoms with E-state index in [1.54, 1.807) is 12.1 Å². The fraction of sp³-hybridized carbons (Fsp3) is 0.462. The zero-order chi connectivity index (χ0) is 12.7. The molecule has 0 saturated carbocycles. The number of hydrogen-bond donors (Lipinski definition) is 2. The second-order valence-electron chi connectivity index (χ2n) is 4.04. The summed E-state index contributed by atoms with van der Waals surface area (Å²) in [5.74, 6) is -0.467. The van der Waals surface area contributed by atoms with Gasteiger partial charge in [-0.1, -0.05) is 13.0 Å². The zero-order valence-electron chi connectivity index (χ0n) is 10.1. The van der Waals surface area contributed by atoms with Crippen LogP contribution in [-0.4, -0.2) is 12.5 Å². The number of nitrogens with one attached hydrogen (secondary N) is 1. The van der Waals surface area contributed by atoms with Gasteiger partial charge in [0, 0.05) is 11.6 Å². The summed E-state index contributed by atoms with van der Waals surface area (Å²) in [6.45, 7) is 2.55. The third-order valence-electron chi connectivity index (χ3n) is 2.71. The van der Waals surface area contributed by atoms with E-state index in [1.807, 2.05) is 6.92 Å². The molecule has 0 spiro atoms. The first-order valence-corrected chi connectivity index (χ1v) is 5.94. The Morgan fingerprint density at radius 3 is 2.88 bits per heavy atom. The second-order valence-corrected chi connectivity index (χ2v) is 4.04. The summed E-state index contributed by atoms with van der Waals surface area (Å²) < 4.78 is 12.9. The third kappa shape index (κ3) is 4.53. The van der Waals surface area contributed by atoms with Crippen LogP contribution in [0.4, 0.5) is 10.1 Å². The smallest absolute Gasteiger partial charge is 0.227 e. The third-order valence-corrected chi connectivity index (χ3v) is 2.71. The van der Waals surface area contributed by atoms with Crippen molar-refractivity contribution < 1.29 is 9.18 Å². The van der Waals surface area contributed by atoms with Gasteiger partial charge in [-0.15, -0.1) is 0 Å². The van der Waals surface area contributed by atoms with Crippen LogP contribution in [0.2, 0.25) is 0 Å². The van der Waals surface area contributed by atoms with E-state index in [9.17, 15) is 9.18 Å².